The van der Waals surface area contributed by atoms with Gasteiger partial charge in [-0.2, -0.15) is 0 Å². The standard InChI is InChI=1S/C21H24N2O3/c1-16(2)19-13-22(18-11-7-4-8-12-18)21(25)23(19)20(24)15-26-14-17-9-5-3-6-10-17/h3-12,16,19H,13-15H2,1-2H3/t19-/m1/s1. The minimum Gasteiger partial charge on any atom is -0.367 e. The molecule has 0 spiro atoms. The van der Waals surface area contributed by atoms with Crippen LogP contribution in [0.5, 0.6) is 0 Å². The van der Waals surface area contributed by atoms with Gasteiger partial charge in [0.25, 0.3) is 5.91 Å². The van der Waals surface area contributed by atoms with Crippen molar-refractivity contribution in [3.8, 4) is 0 Å². The summed E-state index contributed by atoms with van der Waals surface area (Å²) >= 11 is 0. The lowest BCUT2D eigenvalue weighted by Crippen LogP contribution is -2.44. The zero-order valence-corrected chi connectivity index (χ0v) is 15.2. The van der Waals surface area contributed by atoms with Crippen molar-refractivity contribution < 1.29 is 14.3 Å². The van der Waals surface area contributed by atoms with E-state index in [9.17, 15) is 9.59 Å². The fourth-order valence-electron chi connectivity index (χ4n) is 3.14. The monoisotopic (exact) mass is 352 g/mol. The van der Waals surface area contributed by atoms with Crippen LogP contribution in [0.2, 0.25) is 0 Å². The minimum atomic E-state index is -0.289. The molecule has 0 N–H and O–H groups in total. The zero-order valence-electron chi connectivity index (χ0n) is 15.2. The summed E-state index contributed by atoms with van der Waals surface area (Å²) in [5.41, 5.74) is 1.81. The minimum absolute atomic E-state index is 0.105. The third kappa shape index (κ3) is 3.94. The summed E-state index contributed by atoms with van der Waals surface area (Å²) in [5, 5.41) is 0. The van der Waals surface area contributed by atoms with Crippen LogP contribution in [0, 0.1) is 5.92 Å². The molecule has 0 aliphatic carbocycles. The average molecular weight is 352 g/mol. The summed E-state index contributed by atoms with van der Waals surface area (Å²) in [6, 6.07) is 18.7. The number of carbonyl (C=O) groups is 2. The molecule has 0 unspecified atom stereocenters. The zero-order chi connectivity index (χ0) is 18.5. The van der Waals surface area contributed by atoms with E-state index in [0.717, 1.165) is 11.3 Å². The van der Waals surface area contributed by atoms with Gasteiger partial charge in [-0.05, 0) is 23.6 Å². The van der Waals surface area contributed by atoms with Crippen molar-refractivity contribution in [2.24, 2.45) is 5.92 Å². The van der Waals surface area contributed by atoms with Crippen LogP contribution in [0.1, 0.15) is 19.4 Å². The van der Waals surface area contributed by atoms with Crippen LogP contribution in [-0.4, -0.2) is 36.0 Å². The molecule has 0 radical (unpaired) electrons. The van der Waals surface area contributed by atoms with Crippen molar-refractivity contribution >= 4 is 17.6 Å². The summed E-state index contributed by atoms with van der Waals surface area (Å²) < 4.78 is 5.55. The Morgan fingerprint density at radius 2 is 1.69 bits per heavy atom. The predicted octanol–water partition coefficient (Wildman–Crippen LogP) is 3.70. The molecule has 3 amide bonds. The third-order valence-corrected chi connectivity index (χ3v) is 4.58. The van der Waals surface area contributed by atoms with Crippen molar-refractivity contribution in [1.82, 2.24) is 4.90 Å². The van der Waals surface area contributed by atoms with Crippen LogP contribution in [0.25, 0.3) is 0 Å². The van der Waals surface area contributed by atoms with Crippen molar-refractivity contribution in [2.45, 2.75) is 26.5 Å². The highest BCUT2D eigenvalue weighted by Crippen LogP contribution is 2.27. The van der Waals surface area contributed by atoms with Gasteiger partial charge in [0.15, 0.2) is 0 Å². The number of ether oxygens (including phenoxy) is 1. The third-order valence-electron chi connectivity index (χ3n) is 4.58. The quantitative estimate of drug-likeness (QED) is 0.796. The summed E-state index contributed by atoms with van der Waals surface area (Å²) in [4.78, 5) is 28.6. The number of hydrogen-bond acceptors (Lipinski definition) is 3. The Morgan fingerprint density at radius 1 is 1.08 bits per heavy atom. The van der Waals surface area contributed by atoms with E-state index in [2.05, 4.69) is 0 Å². The predicted molar refractivity (Wildman–Crippen MR) is 101 cm³/mol. The number of imide groups is 1. The molecule has 5 heteroatoms. The molecule has 3 rings (SSSR count). The maximum absolute atomic E-state index is 12.9. The van der Waals surface area contributed by atoms with Crippen LogP contribution < -0.4 is 4.90 Å². The molecule has 1 atom stereocenters. The van der Waals surface area contributed by atoms with Gasteiger partial charge in [-0.25, -0.2) is 4.79 Å². The molecular weight excluding hydrogens is 328 g/mol. The first-order valence-electron chi connectivity index (χ1n) is 8.88. The fraction of sp³-hybridized carbons (Fsp3) is 0.333. The Bertz CT molecular complexity index is 746. The Hall–Kier alpha value is -2.66. The van der Waals surface area contributed by atoms with E-state index in [1.54, 1.807) is 4.90 Å². The normalized spacial score (nSPS) is 17.2. The fourth-order valence-corrected chi connectivity index (χ4v) is 3.14. The number of rotatable bonds is 6. The molecule has 2 aromatic rings. The number of para-hydroxylation sites is 1. The second-order valence-corrected chi connectivity index (χ2v) is 6.78. The molecule has 136 valence electrons. The lowest BCUT2D eigenvalue weighted by atomic mass is 10.0. The summed E-state index contributed by atoms with van der Waals surface area (Å²) in [6.45, 7) is 4.80. The second kappa shape index (κ2) is 8.15. The molecule has 1 fully saturated rings. The largest absolute Gasteiger partial charge is 0.367 e. The first-order chi connectivity index (χ1) is 12.6. The van der Waals surface area contributed by atoms with Gasteiger partial charge in [0.05, 0.1) is 12.6 Å². The molecule has 5 nitrogen and oxygen atoms in total. The van der Waals surface area contributed by atoms with E-state index in [4.69, 9.17) is 4.74 Å². The number of carbonyl (C=O) groups excluding carboxylic acids is 2. The number of amides is 3. The van der Waals surface area contributed by atoms with Crippen molar-refractivity contribution in [3.63, 3.8) is 0 Å². The van der Waals surface area contributed by atoms with Gasteiger partial charge in [0.1, 0.15) is 6.61 Å². The first kappa shape index (κ1) is 18.1. The van der Waals surface area contributed by atoms with E-state index in [1.807, 2.05) is 74.5 Å². The van der Waals surface area contributed by atoms with Gasteiger partial charge in [-0.1, -0.05) is 62.4 Å². The molecule has 26 heavy (non-hydrogen) atoms. The van der Waals surface area contributed by atoms with Crippen LogP contribution in [0.3, 0.4) is 0 Å². The van der Waals surface area contributed by atoms with E-state index in [0.29, 0.717) is 13.2 Å². The Balaban J connectivity index is 1.67. The topological polar surface area (TPSA) is 49.9 Å². The molecule has 1 aliphatic rings. The lowest BCUT2D eigenvalue weighted by Gasteiger charge is -2.24. The highest BCUT2D eigenvalue weighted by atomic mass is 16.5. The molecule has 2 aromatic carbocycles. The van der Waals surface area contributed by atoms with Gasteiger partial charge in [-0.3, -0.25) is 14.6 Å². The first-order valence-corrected chi connectivity index (χ1v) is 8.88. The van der Waals surface area contributed by atoms with Crippen LogP contribution >= 0.6 is 0 Å². The Morgan fingerprint density at radius 3 is 2.31 bits per heavy atom. The van der Waals surface area contributed by atoms with Crippen molar-refractivity contribution in [2.75, 3.05) is 18.1 Å². The average Bonchev–Trinajstić information content (AvgIpc) is 3.01. The molecule has 1 aliphatic heterocycles. The Labute approximate surface area is 154 Å². The maximum Gasteiger partial charge on any atom is 0.331 e. The SMILES string of the molecule is CC(C)[C@H]1CN(c2ccccc2)C(=O)N1C(=O)COCc1ccccc1. The van der Waals surface area contributed by atoms with Gasteiger partial charge in [0.2, 0.25) is 0 Å². The summed E-state index contributed by atoms with van der Waals surface area (Å²) in [5.74, 6) is -0.117. The van der Waals surface area contributed by atoms with E-state index >= 15 is 0 Å². The summed E-state index contributed by atoms with van der Waals surface area (Å²) in [7, 11) is 0. The molecule has 0 bridgehead atoms. The number of urea groups is 1. The van der Waals surface area contributed by atoms with Gasteiger partial charge in [0, 0.05) is 12.2 Å². The van der Waals surface area contributed by atoms with Crippen molar-refractivity contribution in [3.05, 3.63) is 66.2 Å². The Kier molecular flexibility index (Phi) is 5.68. The van der Waals surface area contributed by atoms with Gasteiger partial charge < -0.3 is 4.74 Å². The molecule has 0 aromatic heterocycles. The second-order valence-electron chi connectivity index (χ2n) is 6.78. The smallest absolute Gasteiger partial charge is 0.331 e. The number of anilines is 1. The number of benzene rings is 2. The van der Waals surface area contributed by atoms with E-state index in [-0.39, 0.29) is 30.5 Å². The summed E-state index contributed by atoms with van der Waals surface area (Å²) in [6.07, 6.45) is 0. The van der Waals surface area contributed by atoms with Gasteiger partial charge in [-0.15, -0.1) is 0 Å². The van der Waals surface area contributed by atoms with Crippen LogP contribution in [0.15, 0.2) is 60.7 Å². The molecule has 1 saturated heterocycles. The molecular formula is C21H24N2O3. The lowest BCUT2D eigenvalue weighted by molar-refractivity contribution is -0.135. The van der Waals surface area contributed by atoms with Crippen LogP contribution in [0.4, 0.5) is 10.5 Å². The van der Waals surface area contributed by atoms with E-state index in [1.165, 1.54) is 4.90 Å². The number of nitrogens with zero attached hydrogens (tertiary/aromatic N) is 2. The van der Waals surface area contributed by atoms with Crippen molar-refractivity contribution in [1.29, 1.82) is 0 Å². The molecule has 1 heterocycles. The highest BCUT2D eigenvalue weighted by molar-refractivity contribution is 6.05. The van der Waals surface area contributed by atoms with E-state index < -0.39 is 0 Å². The highest BCUT2D eigenvalue weighted by Gasteiger charge is 2.43. The molecule has 0 saturated carbocycles. The number of hydrogen-bond donors (Lipinski definition) is 0. The van der Waals surface area contributed by atoms with Gasteiger partial charge >= 0.3 is 6.03 Å². The van der Waals surface area contributed by atoms with Crippen LogP contribution in [-0.2, 0) is 16.1 Å². The maximum atomic E-state index is 12.9.